The molecule has 0 bridgehead atoms. The minimum absolute atomic E-state index is 0.561. The van der Waals surface area contributed by atoms with E-state index in [1.54, 1.807) is 0 Å². The van der Waals surface area contributed by atoms with Gasteiger partial charge in [-0.1, -0.05) is 0 Å². The third-order valence-corrected chi connectivity index (χ3v) is 3.34. The van der Waals surface area contributed by atoms with Gasteiger partial charge in [0.15, 0.2) is 0 Å². The van der Waals surface area contributed by atoms with Crippen LogP contribution in [-0.4, -0.2) is 22.5 Å². The van der Waals surface area contributed by atoms with Crippen LogP contribution in [0.15, 0.2) is 24.5 Å². The Hall–Kier alpha value is -1.55. The van der Waals surface area contributed by atoms with Crippen molar-refractivity contribution < 1.29 is 0 Å². The minimum Gasteiger partial charge on any atom is -0.397 e. The van der Waals surface area contributed by atoms with Crippen LogP contribution in [0.3, 0.4) is 0 Å². The molecule has 0 atom stereocenters. The molecule has 1 fully saturated rings. The highest BCUT2D eigenvalue weighted by Gasteiger charge is 2.19. The Morgan fingerprint density at radius 1 is 1.38 bits per heavy atom. The Balaban J connectivity index is 2.06. The standard InChI is InChI=1S/C12H16N4/c13-10-2-1-7-16-11(10)8-15-12(16)9-3-5-14-6-4-9/h1-2,7-9,14H,3-6,13H2. The molecule has 3 heterocycles. The van der Waals surface area contributed by atoms with Gasteiger partial charge in [0.25, 0.3) is 0 Å². The fraction of sp³-hybridized carbons (Fsp3) is 0.417. The number of nitrogen functional groups attached to an aromatic ring is 1. The summed E-state index contributed by atoms with van der Waals surface area (Å²) >= 11 is 0. The van der Waals surface area contributed by atoms with E-state index in [0.717, 1.165) is 43.0 Å². The van der Waals surface area contributed by atoms with E-state index in [2.05, 4.69) is 20.9 Å². The summed E-state index contributed by atoms with van der Waals surface area (Å²) in [4.78, 5) is 4.54. The summed E-state index contributed by atoms with van der Waals surface area (Å²) in [5.41, 5.74) is 7.75. The molecule has 4 nitrogen and oxygen atoms in total. The lowest BCUT2D eigenvalue weighted by Crippen LogP contribution is -2.27. The van der Waals surface area contributed by atoms with Crippen LogP contribution in [0.25, 0.3) is 5.52 Å². The van der Waals surface area contributed by atoms with E-state index in [1.165, 1.54) is 0 Å². The van der Waals surface area contributed by atoms with Crippen molar-refractivity contribution in [3.8, 4) is 0 Å². The van der Waals surface area contributed by atoms with E-state index in [4.69, 9.17) is 5.73 Å². The summed E-state index contributed by atoms with van der Waals surface area (Å²) < 4.78 is 2.13. The summed E-state index contributed by atoms with van der Waals surface area (Å²) in [5.74, 6) is 1.72. The van der Waals surface area contributed by atoms with Crippen molar-refractivity contribution in [3.05, 3.63) is 30.4 Å². The fourth-order valence-corrected chi connectivity index (χ4v) is 2.45. The number of piperidine rings is 1. The van der Waals surface area contributed by atoms with Gasteiger partial charge in [-0.3, -0.25) is 0 Å². The summed E-state index contributed by atoms with van der Waals surface area (Å²) in [5, 5.41) is 3.37. The van der Waals surface area contributed by atoms with Gasteiger partial charge < -0.3 is 15.5 Å². The number of imidazole rings is 1. The van der Waals surface area contributed by atoms with Gasteiger partial charge in [0.1, 0.15) is 5.82 Å². The largest absolute Gasteiger partial charge is 0.397 e. The third-order valence-electron chi connectivity index (χ3n) is 3.34. The van der Waals surface area contributed by atoms with E-state index >= 15 is 0 Å². The van der Waals surface area contributed by atoms with Crippen LogP contribution >= 0.6 is 0 Å². The van der Waals surface area contributed by atoms with Crippen LogP contribution in [0.2, 0.25) is 0 Å². The molecule has 4 heteroatoms. The maximum atomic E-state index is 5.93. The van der Waals surface area contributed by atoms with Gasteiger partial charge in [0.2, 0.25) is 0 Å². The van der Waals surface area contributed by atoms with Gasteiger partial charge in [-0.15, -0.1) is 0 Å². The average Bonchev–Trinajstić information content (AvgIpc) is 2.75. The second kappa shape index (κ2) is 3.79. The molecule has 1 aliphatic rings. The summed E-state index contributed by atoms with van der Waals surface area (Å²) in [6, 6.07) is 3.90. The second-order valence-corrected chi connectivity index (χ2v) is 4.36. The first-order chi connectivity index (χ1) is 7.86. The lowest BCUT2D eigenvalue weighted by Gasteiger charge is -2.21. The van der Waals surface area contributed by atoms with Gasteiger partial charge >= 0.3 is 0 Å². The number of fused-ring (bicyclic) bond motifs is 1. The molecule has 3 rings (SSSR count). The monoisotopic (exact) mass is 216 g/mol. The van der Waals surface area contributed by atoms with Crippen molar-refractivity contribution in [2.75, 3.05) is 18.8 Å². The molecule has 2 aromatic rings. The summed E-state index contributed by atoms with van der Waals surface area (Å²) in [6.45, 7) is 2.17. The number of hydrogen-bond acceptors (Lipinski definition) is 3. The van der Waals surface area contributed by atoms with Gasteiger partial charge in [-0.05, 0) is 38.1 Å². The Morgan fingerprint density at radius 3 is 3.00 bits per heavy atom. The molecule has 0 spiro atoms. The molecule has 16 heavy (non-hydrogen) atoms. The highest BCUT2D eigenvalue weighted by Crippen LogP contribution is 2.26. The molecule has 0 radical (unpaired) electrons. The molecule has 0 amide bonds. The van der Waals surface area contributed by atoms with E-state index in [0.29, 0.717) is 5.92 Å². The van der Waals surface area contributed by atoms with Gasteiger partial charge in [0, 0.05) is 12.1 Å². The quantitative estimate of drug-likeness (QED) is 0.757. The number of nitrogens with two attached hydrogens (primary N) is 1. The zero-order valence-corrected chi connectivity index (χ0v) is 9.19. The lowest BCUT2D eigenvalue weighted by molar-refractivity contribution is 0.444. The number of rotatable bonds is 1. The van der Waals surface area contributed by atoms with E-state index in [-0.39, 0.29) is 0 Å². The Labute approximate surface area is 94.5 Å². The van der Waals surface area contributed by atoms with Crippen LogP contribution in [0.5, 0.6) is 0 Å². The van der Waals surface area contributed by atoms with Crippen molar-refractivity contribution in [2.24, 2.45) is 0 Å². The summed E-state index contributed by atoms with van der Waals surface area (Å²) in [6.07, 6.45) is 6.25. The zero-order valence-electron chi connectivity index (χ0n) is 9.19. The molecule has 3 N–H and O–H groups in total. The third kappa shape index (κ3) is 1.46. The van der Waals surface area contributed by atoms with Crippen LogP contribution < -0.4 is 11.1 Å². The molecular formula is C12H16N4. The first-order valence-electron chi connectivity index (χ1n) is 5.78. The number of nitrogens with zero attached hydrogens (tertiary/aromatic N) is 2. The topological polar surface area (TPSA) is 55.4 Å². The number of pyridine rings is 1. The Kier molecular flexibility index (Phi) is 2.29. The normalized spacial score (nSPS) is 18.0. The second-order valence-electron chi connectivity index (χ2n) is 4.36. The van der Waals surface area contributed by atoms with Crippen LogP contribution in [0, 0.1) is 0 Å². The average molecular weight is 216 g/mol. The molecule has 84 valence electrons. The van der Waals surface area contributed by atoms with Crippen LogP contribution in [0.1, 0.15) is 24.6 Å². The maximum Gasteiger partial charge on any atom is 0.116 e. The SMILES string of the molecule is Nc1cccn2c(C3CCNCC3)ncc12. The molecule has 0 saturated carbocycles. The van der Waals surface area contributed by atoms with E-state index in [1.807, 2.05) is 18.3 Å². The summed E-state index contributed by atoms with van der Waals surface area (Å²) in [7, 11) is 0. The van der Waals surface area contributed by atoms with E-state index in [9.17, 15) is 0 Å². The molecule has 0 aliphatic carbocycles. The van der Waals surface area contributed by atoms with Crippen LogP contribution in [0.4, 0.5) is 5.69 Å². The number of hydrogen-bond donors (Lipinski definition) is 2. The zero-order chi connectivity index (χ0) is 11.0. The van der Waals surface area contributed by atoms with Gasteiger partial charge in [-0.25, -0.2) is 4.98 Å². The predicted molar refractivity (Wildman–Crippen MR) is 64.4 cm³/mol. The molecule has 0 unspecified atom stereocenters. The highest BCUT2D eigenvalue weighted by molar-refractivity contribution is 5.68. The first-order valence-corrected chi connectivity index (χ1v) is 5.78. The van der Waals surface area contributed by atoms with Crippen molar-refractivity contribution in [3.63, 3.8) is 0 Å². The maximum absolute atomic E-state index is 5.93. The molecule has 0 aromatic carbocycles. The lowest BCUT2D eigenvalue weighted by atomic mass is 9.97. The van der Waals surface area contributed by atoms with Crippen LogP contribution in [-0.2, 0) is 0 Å². The van der Waals surface area contributed by atoms with Gasteiger partial charge in [0.05, 0.1) is 17.4 Å². The number of nitrogens with one attached hydrogen (secondary N) is 1. The molecule has 1 aliphatic heterocycles. The van der Waals surface area contributed by atoms with Crippen molar-refractivity contribution in [2.45, 2.75) is 18.8 Å². The highest BCUT2D eigenvalue weighted by atomic mass is 15.0. The fourth-order valence-electron chi connectivity index (χ4n) is 2.45. The van der Waals surface area contributed by atoms with Crippen molar-refractivity contribution in [1.82, 2.24) is 14.7 Å². The first kappa shape index (κ1) is 9.66. The number of anilines is 1. The molecular weight excluding hydrogens is 200 g/mol. The molecule has 2 aromatic heterocycles. The van der Waals surface area contributed by atoms with E-state index < -0.39 is 0 Å². The van der Waals surface area contributed by atoms with Crippen molar-refractivity contribution in [1.29, 1.82) is 0 Å². The smallest absolute Gasteiger partial charge is 0.116 e. The minimum atomic E-state index is 0.561. The van der Waals surface area contributed by atoms with Gasteiger partial charge in [-0.2, -0.15) is 0 Å². The Morgan fingerprint density at radius 2 is 2.19 bits per heavy atom. The predicted octanol–water partition coefficient (Wildman–Crippen LogP) is 1.38. The molecule has 1 saturated heterocycles. The Bertz CT molecular complexity index is 497. The van der Waals surface area contributed by atoms with Crippen molar-refractivity contribution >= 4 is 11.2 Å². The number of aromatic nitrogens is 2.